The maximum atomic E-state index is 11.0. The van der Waals surface area contributed by atoms with Crippen molar-refractivity contribution in [1.29, 1.82) is 0 Å². The molecule has 2 fully saturated rings. The van der Waals surface area contributed by atoms with Gasteiger partial charge in [-0.1, -0.05) is 0 Å². The molecule has 2 aliphatic heterocycles. The minimum atomic E-state index is -0.876. The molecule has 2 aliphatic rings. The molecule has 1 aromatic rings. The first-order chi connectivity index (χ1) is 9.60. The SMILES string of the molecule is Cc1cc(N2CCC3(CC2)OCCO3)ccc1C(=O)O. The van der Waals surface area contributed by atoms with E-state index in [0.717, 1.165) is 37.2 Å². The molecule has 0 atom stereocenters. The van der Waals surface area contributed by atoms with Gasteiger partial charge in [0.1, 0.15) is 0 Å². The molecule has 0 aliphatic carbocycles. The second kappa shape index (κ2) is 5.07. The van der Waals surface area contributed by atoms with Crippen molar-refractivity contribution in [3.05, 3.63) is 29.3 Å². The maximum Gasteiger partial charge on any atom is 0.335 e. The Morgan fingerprint density at radius 3 is 2.45 bits per heavy atom. The highest BCUT2D eigenvalue weighted by Gasteiger charge is 2.39. The van der Waals surface area contributed by atoms with Crippen LogP contribution in [0.4, 0.5) is 5.69 Å². The second-order valence-corrected chi connectivity index (χ2v) is 5.40. The zero-order valence-corrected chi connectivity index (χ0v) is 11.6. The number of hydrogen-bond donors (Lipinski definition) is 1. The lowest BCUT2D eigenvalue weighted by atomic mass is 10.0. The molecule has 0 bridgehead atoms. The third-order valence-electron chi connectivity index (χ3n) is 4.14. The molecule has 0 saturated carbocycles. The number of aromatic carboxylic acids is 1. The molecule has 108 valence electrons. The van der Waals surface area contributed by atoms with E-state index in [2.05, 4.69) is 4.90 Å². The van der Waals surface area contributed by atoms with Crippen molar-refractivity contribution >= 4 is 11.7 Å². The van der Waals surface area contributed by atoms with Crippen molar-refractivity contribution in [2.24, 2.45) is 0 Å². The minimum absolute atomic E-state index is 0.365. The summed E-state index contributed by atoms with van der Waals surface area (Å²) in [6.45, 7) is 4.94. The number of nitrogens with zero attached hydrogens (tertiary/aromatic N) is 1. The molecule has 0 aromatic heterocycles. The van der Waals surface area contributed by atoms with Gasteiger partial charge in [-0.2, -0.15) is 0 Å². The summed E-state index contributed by atoms with van der Waals surface area (Å²) in [5.41, 5.74) is 2.23. The molecule has 1 aromatic carbocycles. The fraction of sp³-hybridized carbons (Fsp3) is 0.533. The molecule has 3 rings (SSSR count). The van der Waals surface area contributed by atoms with Gasteiger partial charge in [0.15, 0.2) is 5.79 Å². The number of carboxylic acids is 1. The lowest BCUT2D eigenvalue weighted by molar-refractivity contribution is -0.169. The van der Waals surface area contributed by atoms with Crippen molar-refractivity contribution in [2.45, 2.75) is 25.6 Å². The van der Waals surface area contributed by atoms with Crippen LogP contribution in [-0.4, -0.2) is 43.2 Å². The largest absolute Gasteiger partial charge is 0.478 e. The van der Waals surface area contributed by atoms with Gasteiger partial charge < -0.3 is 19.5 Å². The number of benzene rings is 1. The third kappa shape index (κ3) is 2.39. The van der Waals surface area contributed by atoms with Gasteiger partial charge in [-0.3, -0.25) is 0 Å². The highest BCUT2D eigenvalue weighted by molar-refractivity contribution is 5.89. The van der Waals surface area contributed by atoms with Gasteiger partial charge >= 0.3 is 5.97 Å². The van der Waals surface area contributed by atoms with Crippen LogP contribution in [0.25, 0.3) is 0 Å². The standard InChI is InChI=1S/C15H19NO4/c1-11-10-12(2-3-13(11)14(17)18)16-6-4-15(5-7-16)19-8-9-20-15/h2-3,10H,4-9H2,1H3,(H,17,18). The number of aryl methyl sites for hydroxylation is 1. The highest BCUT2D eigenvalue weighted by Crippen LogP contribution is 2.33. The Balaban J connectivity index is 1.72. The summed E-state index contributed by atoms with van der Waals surface area (Å²) in [6.07, 6.45) is 1.71. The van der Waals surface area contributed by atoms with Crippen LogP contribution in [0.2, 0.25) is 0 Å². The molecule has 5 nitrogen and oxygen atoms in total. The van der Waals surface area contributed by atoms with Crippen LogP contribution in [0.1, 0.15) is 28.8 Å². The first-order valence-electron chi connectivity index (χ1n) is 6.96. The molecule has 20 heavy (non-hydrogen) atoms. The van der Waals surface area contributed by atoms with Crippen LogP contribution in [-0.2, 0) is 9.47 Å². The monoisotopic (exact) mass is 277 g/mol. The quantitative estimate of drug-likeness (QED) is 0.896. The van der Waals surface area contributed by atoms with Crippen molar-refractivity contribution < 1.29 is 19.4 Å². The summed E-state index contributed by atoms with van der Waals surface area (Å²) in [5.74, 6) is -1.24. The van der Waals surface area contributed by atoms with Crippen molar-refractivity contribution in [1.82, 2.24) is 0 Å². The average Bonchev–Trinajstić information content (AvgIpc) is 2.87. The molecule has 2 heterocycles. The van der Waals surface area contributed by atoms with E-state index in [9.17, 15) is 4.79 Å². The van der Waals surface area contributed by atoms with Gasteiger partial charge in [0.2, 0.25) is 0 Å². The Morgan fingerprint density at radius 1 is 1.25 bits per heavy atom. The lowest BCUT2D eigenvalue weighted by Gasteiger charge is -2.38. The van der Waals surface area contributed by atoms with E-state index in [1.165, 1.54) is 0 Å². The van der Waals surface area contributed by atoms with Gasteiger partial charge in [0.05, 0.1) is 18.8 Å². The van der Waals surface area contributed by atoms with Crippen molar-refractivity contribution in [3.63, 3.8) is 0 Å². The van der Waals surface area contributed by atoms with E-state index in [1.54, 1.807) is 6.07 Å². The second-order valence-electron chi connectivity index (χ2n) is 5.40. The van der Waals surface area contributed by atoms with Gasteiger partial charge in [-0.15, -0.1) is 0 Å². The zero-order chi connectivity index (χ0) is 14.2. The number of hydrogen-bond acceptors (Lipinski definition) is 4. The highest BCUT2D eigenvalue weighted by atomic mass is 16.7. The van der Waals surface area contributed by atoms with Crippen LogP contribution in [0.5, 0.6) is 0 Å². The molecule has 0 unspecified atom stereocenters. The van der Waals surface area contributed by atoms with E-state index < -0.39 is 5.97 Å². The summed E-state index contributed by atoms with van der Waals surface area (Å²) in [5, 5.41) is 9.06. The molecule has 1 spiro atoms. The maximum absolute atomic E-state index is 11.0. The normalized spacial score (nSPS) is 21.4. The van der Waals surface area contributed by atoms with Crippen molar-refractivity contribution in [2.75, 3.05) is 31.2 Å². The summed E-state index contributed by atoms with van der Waals surface area (Å²) in [7, 11) is 0. The fourth-order valence-electron chi connectivity index (χ4n) is 2.98. The lowest BCUT2D eigenvalue weighted by Crippen LogP contribution is -2.45. The number of piperidine rings is 1. The van der Waals surface area contributed by atoms with E-state index in [1.807, 2.05) is 19.1 Å². The Morgan fingerprint density at radius 2 is 1.90 bits per heavy atom. The van der Waals surface area contributed by atoms with Gasteiger partial charge in [0.25, 0.3) is 0 Å². The number of carboxylic acid groups (broad SMARTS) is 1. The molecule has 1 N–H and O–H groups in total. The molecular weight excluding hydrogens is 258 g/mol. The van der Waals surface area contributed by atoms with Crippen LogP contribution in [0.15, 0.2) is 18.2 Å². The summed E-state index contributed by atoms with van der Waals surface area (Å²) >= 11 is 0. The van der Waals surface area contributed by atoms with Crippen LogP contribution in [0.3, 0.4) is 0 Å². The number of carbonyl (C=O) groups is 1. The van der Waals surface area contributed by atoms with E-state index >= 15 is 0 Å². The first kappa shape index (κ1) is 13.4. The Kier molecular flexibility index (Phi) is 3.40. The molecule has 2 saturated heterocycles. The van der Waals surface area contributed by atoms with Crippen LogP contribution < -0.4 is 4.90 Å². The fourth-order valence-corrected chi connectivity index (χ4v) is 2.98. The molecule has 0 amide bonds. The number of ether oxygens (including phenoxy) is 2. The molecule has 5 heteroatoms. The van der Waals surface area contributed by atoms with Crippen LogP contribution >= 0.6 is 0 Å². The Bertz CT molecular complexity index is 513. The van der Waals surface area contributed by atoms with E-state index in [4.69, 9.17) is 14.6 Å². The van der Waals surface area contributed by atoms with Gasteiger partial charge in [-0.25, -0.2) is 4.79 Å². The van der Waals surface area contributed by atoms with E-state index in [0.29, 0.717) is 18.8 Å². The summed E-state index contributed by atoms with van der Waals surface area (Å²) < 4.78 is 11.4. The summed E-state index contributed by atoms with van der Waals surface area (Å²) in [4.78, 5) is 13.3. The van der Waals surface area contributed by atoms with E-state index in [-0.39, 0.29) is 5.79 Å². The zero-order valence-electron chi connectivity index (χ0n) is 11.6. The predicted octanol–water partition coefficient (Wildman–Crippen LogP) is 2.04. The topological polar surface area (TPSA) is 59.0 Å². The first-order valence-corrected chi connectivity index (χ1v) is 6.96. The van der Waals surface area contributed by atoms with Gasteiger partial charge in [0, 0.05) is 31.6 Å². The minimum Gasteiger partial charge on any atom is -0.478 e. The Hall–Kier alpha value is -1.59. The Labute approximate surface area is 118 Å². The van der Waals surface area contributed by atoms with Crippen LogP contribution in [0, 0.1) is 6.92 Å². The smallest absolute Gasteiger partial charge is 0.335 e. The number of anilines is 1. The molecule has 0 radical (unpaired) electrons. The number of rotatable bonds is 2. The van der Waals surface area contributed by atoms with Crippen molar-refractivity contribution in [3.8, 4) is 0 Å². The predicted molar refractivity (Wildman–Crippen MR) is 74.2 cm³/mol. The molecular formula is C15H19NO4. The summed E-state index contributed by atoms with van der Waals surface area (Å²) in [6, 6.07) is 5.50. The average molecular weight is 277 g/mol. The van der Waals surface area contributed by atoms with Gasteiger partial charge in [-0.05, 0) is 30.7 Å². The third-order valence-corrected chi connectivity index (χ3v) is 4.14.